The third kappa shape index (κ3) is 4.84. The fourth-order valence-corrected chi connectivity index (χ4v) is 5.10. The van der Waals surface area contributed by atoms with Gasteiger partial charge in [0, 0.05) is 24.9 Å². The second-order valence-corrected chi connectivity index (χ2v) is 9.38. The number of fused-ring (bicyclic) bond motifs is 1. The van der Waals surface area contributed by atoms with Crippen LogP contribution in [0.5, 0.6) is 17.4 Å². The molecule has 0 aliphatic carbocycles. The number of likely N-dealkylation sites (tertiary alicyclic amines) is 2. The SMILES string of the molecule is COc1ncc(N2CCOc3ccc(OC4CCN(C(=O)C5CCN(C)CC5)C4)cc32)cc1C#N. The van der Waals surface area contributed by atoms with Gasteiger partial charge >= 0.3 is 0 Å². The third-order valence-electron chi connectivity index (χ3n) is 7.08. The summed E-state index contributed by atoms with van der Waals surface area (Å²) in [6.45, 7) is 4.48. The number of anilines is 2. The van der Waals surface area contributed by atoms with Crippen LogP contribution in [0.25, 0.3) is 0 Å². The minimum atomic E-state index is -0.0333. The van der Waals surface area contributed by atoms with Gasteiger partial charge in [-0.3, -0.25) is 4.79 Å². The van der Waals surface area contributed by atoms with Gasteiger partial charge in [-0.25, -0.2) is 4.98 Å². The minimum absolute atomic E-state index is 0.0333. The average Bonchev–Trinajstić information content (AvgIpc) is 3.36. The maximum atomic E-state index is 13.0. The van der Waals surface area contributed by atoms with E-state index in [0.29, 0.717) is 31.1 Å². The quantitative estimate of drug-likeness (QED) is 0.649. The van der Waals surface area contributed by atoms with E-state index in [2.05, 4.69) is 27.9 Å². The highest BCUT2D eigenvalue weighted by Crippen LogP contribution is 2.40. The predicted molar refractivity (Wildman–Crippen MR) is 130 cm³/mol. The Morgan fingerprint density at radius 1 is 1.17 bits per heavy atom. The zero-order valence-corrected chi connectivity index (χ0v) is 20.3. The number of ether oxygens (including phenoxy) is 3. The highest BCUT2D eigenvalue weighted by Gasteiger charge is 2.33. The first-order valence-corrected chi connectivity index (χ1v) is 12.2. The number of methoxy groups -OCH3 is 1. The van der Waals surface area contributed by atoms with Crippen LogP contribution >= 0.6 is 0 Å². The molecule has 5 rings (SSSR count). The lowest BCUT2D eigenvalue weighted by Crippen LogP contribution is -2.41. The Kier molecular flexibility index (Phi) is 6.64. The van der Waals surface area contributed by atoms with Gasteiger partial charge in [-0.1, -0.05) is 0 Å². The maximum absolute atomic E-state index is 13.0. The van der Waals surface area contributed by atoms with Crippen molar-refractivity contribution in [2.45, 2.75) is 25.4 Å². The first kappa shape index (κ1) is 23.2. The number of pyridine rings is 1. The van der Waals surface area contributed by atoms with Crippen LogP contribution in [0.3, 0.4) is 0 Å². The van der Waals surface area contributed by atoms with Gasteiger partial charge in [0.15, 0.2) is 0 Å². The van der Waals surface area contributed by atoms with Crippen LogP contribution in [-0.2, 0) is 4.79 Å². The second kappa shape index (κ2) is 10.0. The van der Waals surface area contributed by atoms with Crippen molar-refractivity contribution in [2.24, 2.45) is 5.92 Å². The molecule has 2 fully saturated rings. The van der Waals surface area contributed by atoms with Gasteiger partial charge in [-0.2, -0.15) is 5.26 Å². The van der Waals surface area contributed by atoms with Gasteiger partial charge in [0.1, 0.15) is 35.8 Å². The topological polar surface area (TPSA) is 91.2 Å². The summed E-state index contributed by atoms with van der Waals surface area (Å²) in [6.07, 6.45) is 4.36. The molecule has 1 aromatic heterocycles. The zero-order chi connectivity index (χ0) is 24.4. The molecule has 1 amide bonds. The number of nitrogens with zero attached hydrogens (tertiary/aromatic N) is 5. The number of carbonyl (C=O) groups is 1. The average molecular weight is 478 g/mol. The summed E-state index contributed by atoms with van der Waals surface area (Å²) in [4.78, 5) is 23.6. The van der Waals surface area contributed by atoms with Gasteiger partial charge in [-0.15, -0.1) is 0 Å². The molecule has 0 bridgehead atoms. The number of piperidine rings is 1. The molecule has 3 aliphatic heterocycles. The number of amides is 1. The number of hydrogen-bond acceptors (Lipinski definition) is 8. The first-order chi connectivity index (χ1) is 17.1. The smallest absolute Gasteiger partial charge is 0.231 e. The summed E-state index contributed by atoms with van der Waals surface area (Å²) >= 11 is 0. The van der Waals surface area contributed by atoms with Crippen molar-refractivity contribution in [3.05, 3.63) is 36.0 Å². The van der Waals surface area contributed by atoms with E-state index in [1.807, 2.05) is 23.1 Å². The molecule has 9 nitrogen and oxygen atoms in total. The van der Waals surface area contributed by atoms with Crippen molar-refractivity contribution in [1.29, 1.82) is 5.26 Å². The van der Waals surface area contributed by atoms with Crippen LogP contribution in [0.1, 0.15) is 24.8 Å². The molecule has 184 valence electrons. The fourth-order valence-electron chi connectivity index (χ4n) is 5.10. The largest absolute Gasteiger partial charge is 0.490 e. The number of nitriles is 1. The molecular formula is C26H31N5O4. The lowest BCUT2D eigenvalue weighted by Gasteiger charge is -2.32. The van der Waals surface area contributed by atoms with Gasteiger partial charge in [-0.05, 0) is 51.2 Å². The van der Waals surface area contributed by atoms with Crippen LogP contribution in [0, 0.1) is 17.2 Å². The number of rotatable bonds is 5. The fraction of sp³-hybridized carbons (Fsp3) is 0.500. The van der Waals surface area contributed by atoms with Crippen LogP contribution < -0.4 is 19.1 Å². The van der Waals surface area contributed by atoms with E-state index in [-0.39, 0.29) is 17.9 Å². The van der Waals surface area contributed by atoms with E-state index in [1.165, 1.54) is 7.11 Å². The Bertz CT molecular complexity index is 1130. The van der Waals surface area contributed by atoms with Gasteiger partial charge in [0.2, 0.25) is 11.8 Å². The minimum Gasteiger partial charge on any atom is -0.490 e. The number of benzene rings is 1. The lowest BCUT2D eigenvalue weighted by molar-refractivity contribution is -0.136. The van der Waals surface area contributed by atoms with Crippen molar-refractivity contribution in [2.75, 3.05) is 58.4 Å². The molecule has 35 heavy (non-hydrogen) atoms. The summed E-state index contributed by atoms with van der Waals surface area (Å²) in [5.41, 5.74) is 2.03. The van der Waals surface area contributed by atoms with Crippen LogP contribution in [-0.4, -0.2) is 80.3 Å². The predicted octanol–water partition coefficient (Wildman–Crippen LogP) is 2.81. The molecule has 2 saturated heterocycles. The number of hydrogen-bond donors (Lipinski definition) is 0. The van der Waals surface area contributed by atoms with Crippen molar-refractivity contribution < 1.29 is 19.0 Å². The summed E-state index contributed by atoms with van der Waals surface area (Å²) in [5, 5.41) is 9.46. The monoisotopic (exact) mass is 477 g/mol. The molecule has 1 aromatic carbocycles. The van der Waals surface area contributed by atoms with Crippen molar-refractivity contribution in [3.8, 4) is 23.4 Å². The van der Waals surface area contributed by atoms with E-state index < -0.39 is 0 Å². The summed E-state index contributed by atoms with van der Waals surface area (Å²) in [5.74, 6) is 2.20. The lowest BCUT2D eigenvalue weighted by atomic mass is 9.96. The summed E-state index contributed by atoms with van der Waals surface area (Å²) in [7, 11) is 3.61. The molecule has 0 spiro atoms. The Morgan fingerprint density at radius 2 is 2.00 bits per heavy atom. The van der Waals surface area contributed by atoms with Crippen LogP contribution in [0.2, 0.25) is 0 Å². The molecule has 0 radical (unpaired) electrons. The van der Waals surface area contributed by atoms with Crippen molar-refractivity contribution >= 4 is 17.3 Å². The van der Waals surface area contributed by atoms with Crippen molar-refractivity contribution in [3.63, 3.8) is 0 Å². The number of aromatic nitrogens is 1. The zero-order valence-electron chi connectivity index (χ0n) is 20.3. The van der Waals surface area contributed by atoms with Gasteiger partial charge < -0.3 is 28.9 Å². The molecule has 2 aromatic rings. The van der Waals surface area contributed by atoms with E-state index in [4.69, 9.17) is 14.2 Å². The standard InChI is InChI=1S/C26H31N5O4/c1-29-8-5-18(6-9-29)26(32)30-10-7-22(17-30)35-21-3-4-24-23(14-21)31(11-12-34-24)20-13-19(15-27)25(33-2)28-16-20/h3-4,13-14,16,18,22H,5-12,17H2,1-2H3. The summed E-state index contributed by atoms with van der Waals surface area (Å²) in [6, 6.07) is 9.71. The molecule has 0 saturated carbocycles. The van der Waals surface area contributed by atoms with Gasteiger partial charge in [0.05, 0.1) is 37.8 Å². The molecule has 3 aliphatic rings. The Labute approximate surface area is 205 Å². The maximum Gasteiger partial charge on any atom is 0.231 e. The van der Waals surface area contributed by atoms with E-state index in [1.54, 1.807) is 12.3 Å². The third-order valence-corrected chi connectivity index (χ3v) is 7.08. The van der Waals surface area contributed by atoms with Crippen LogP contribution in [0.15, 0.2) is 30.5 Å². The highest BCUT2D eigenvalue weighted by atomic mass is 16.5. The van der Waals surface area contributed by atoms with E-state index >= 15 is 0 Å². The molecule has 1 unspecified atom stereocenters. The summed E-state index contributed by atoms with van der Waals surface area (Å²) < 4.78 is 17.4. The normalized spacial score (nSPS) is 20.7. The highest BCUT2D eigenvalue weighted by molar-refractivity contribution is 5.79. The molecule has 9 heteroatoms. The Hall–Kier alpha value is -3.51. The van der Waals surface area contributed by atoms with E-state index in [0.717, 1.165) is 61.8 Å². The molecule has 4 heterocycles. The second-order valence-electron chi connectivity index (χ2n) is 9.38. The molecule has 1 atom stereocenters. The molecule has 0 N–H and O–H groups in total. The first-order valence-electron chi connectivity index (χ1n) is 12.2. The van der Waals surface area contributed by atoms with Crippen molar-refractivity contribution in [1.82, 2.24) is 14.8 Å². The molecular weight excluding hydrogens is 446 g/mol. The Morgan fingerprint density at radius 3 is 2.77 bits per heavy atom. The van der Waals surface area contributed by atoms with Gasteiger partial charge in [0.25, 0.3) is 0 Å². The Balaban J connectivity index is 1.28. The van der Waals surface area contributed by atoms with E-state index in [9.17, 15) is 10.1 Å². The van der Waals surface area contributed by atoms with Crippen LogP contribution in [0.4, 0.5) is 11.4 Å². The number of carbonyl (C=O) groups excluding carboxylic acids is 1.